The third-order valence-electron chi connectivity index (χ3n) is 3.64. The van der Waals surface area contributed by atoms with E-state index >= 15 is 0 Å². The monoisotopic (exact) mass is 385 g/mol. The molecule has 0 bridgehead atoms. The molecular formula is C15H16INO3. The molecule has 0 atom stereocenters. The zero-order valence-corrected chi connectivity index (χ0v) is 13.8. The van der Waals surface area contributed by atoms with Crippen molar-refractivity contribution >= 4 is 39.5 Å². The molecule has 1 aliphatic rings. The van der Waals surface area contributed by atoms with Crippen LogP contribution in [0.15, 0.2) is 12.1 Å². The van der Waals surface area contributed by atoms with Crippen molar-refractivity contribution in [1.82, 2.24) is 4.98 Å². The highest BCUT2D eigenvalue weighted by Crippen LogP contribution is 2.45. The molecule has 0 saturated carbocycles. The first kappa shape index (κ1) is 13.7. The van der Waals surface area contributed by atoms with Gasteiger partial charge in [0.25, 0.3) is 0 Å². The Labute approximate surface area is 131 Å². The van der Waals surface area contributed by atoms with E-state index in [-0.39, 0.29) is 11.4 Å². The minimum Gasteiger partial charge on any atom is -0.492 e. The summed E-state index contributed by atoms with van der Waals surface area (Å²) in [6, 6.07) is 4.08. The van der Waals surface area contributed by atoms with E-state index in [1.54, 1.807) is 6.92 Å². The Morgan fingerprint density at radius 1 is 1.50 bits per heavy atom. The lowest BCUT2D eigenvalue weighted by molar-refractivity contribution is 0.0519. The highest BCUT2D eigenvalue weighted by molar-refractivity contribution is 14.1. The average molecular weight is 385 g/mol. The van der Waals surface area contributed by atoms with Crippen LogP contribution in [0.3, 0.4) is 0 Å². The van der Waals surface area contributed by atoms with Crippen molar-refractivity contribution in [2.75, 3.05) is 13.2 Å². The molecule has 2 aromatic rings. The Hall–Kier alpha value is -1.24. The molecule has 106 valence electrons. The fourth-order valence-corrected chi connectivity index (χ4v) is 3.47. The molecule has 3 rings (SSSR count). The fourth-order valence-electron chi connectivity index (χ4n) is 2.58. The van der Waals surface area contributed by atoms with Crippen LogP contribution < -0.4 is 4.74 Å². The maximum absolute atomic E-state index is 12.0. The van der Waals surface area contributed by atoms with Crippen LogP contribution in [-0.2, 0) is 10.2 Å². The summed E-state index contributed by atoms with van der Waals surface area (Å²) in [5.74, 6) is 0.572. The predicted octanol–water partition coefficient (Wildman–Crippen LogP) is 3.62. The lowest BCUT2D eigenvalue weighted by Gasteiger charge is -2.14. The molecule has 1 aliphatic heterocycles. The summed E-state index contributed by atoms with van der Waals surface area (Å²) in [5, 5.41) is 0.983. The lowest BCUT2D eigenvalue weighted by atomic mass is 9.86. The number of hydrogen-bond donors (Lipinski definition) is 1. The minimum absolute atomic E-state index is 0.00790. The summed E-state index contributed by atoms with van der Waals surface area (Å²) in [5.41, 5.74) is 2.61. The van der Waals surface area contributed by atoms with Gasteiger partial charge >= 0.3 is 5.97 Å². The average Bonchev–Trinajstić information content (AvgIpc) is 2.88. The first-order valence-corrected chi connectivity index (χ1v) is 7.68. The number of fused-ring (bicyclic) bond motifs is 3. The van der Waals surface area contributed by atoms with Gasteiger partial charge in [0.2, 0.25) is 0 Å². The van der Waals surface area contributed by atoms with E-state index in [1.165, 1.54) is 5.56 Å². The topological polar surface area (TPSA) is 51.3 Å². The van der Waals surface area contributed by atoms with Gasteiger partial charge in [0.1, 0.15) is 11.4 Å². The number of carbonyl (C=O) groups excluding carboxylic acids is 1. The van der Waals surface area contributed by atoms with Crippen LogP contribution in [0.2, 0.25) is 0 Å². The molecule has 0 aliphatic carbocycles. The second-order valence-corrected chi connectivity index (χ2v) is 6.65. The van der Waals surface area contributed by atoms with E-state index < -0.39 is 0 Å². The lowest BCUT2D eigenvalue weighted by Crippen LogP contribution is -2.18. The smallest absolute Gasteiger partial charge is 0.355 e. The van der Waals surface area contributed by atoms with Gasteiger partial charge < -0.3 is 14.5 Å². The van der Waals surface area contributed by atoms with Gasteiger partial charge in [-0.1, -0.05) is 19.9 Å². The molecular weight excluding hydrogens is 369 g/mol. The van der Waals surface area contributed by atoms with Crippen LogP contribution in [0.1, 0.15) is 36.8 Å². The summed E-state index contributed by atoms with van der Waals surface area (Å²) in [7, 11) is 0. The van der Waals surface area contributed by atoms with Crippen LogP contribution in [0, 0.1) is 3.57 Å². The number of esters is 1. The number of nitrogens with one attached hydrogen (secondary N) is 1. The molecule has 0 unspecified atom stereocenters. The number of carbonyl (C=O) groups is 1. The van der Waals surface area contributed by atoms with E-state index in [0.29, 0.717) is 18.9 Å². The van der Waals surface area contributed by atoms with Gasteiger partial charge in [-0.2, -0.15) is 0 Å². The van der Waals surface area contributed by atoms with Crippen LogP contribution in [0.4, 0.5) is 0 Å². The van der Waals surface area contributed by atoms with Crippen LogP contribution in [0.25, 0.3) is 10.9 Å². The standard InChI is InChI=1S/C15H16INO3/c1-4-19-14(18)12-11(16)10-9(17-12)6-5-8-13(10)20-7-15(8,2)3/h5-6,17H,4,7H2,1-3H3. The van der Waals surface area contributed by atoms with E-state index in [4.69, 9.17) is 9.47 Å². The van der Waals surface area contributed by atoms with Gasteiger partial charge in [0, 0.05) is 11.0 Å². The normalized spacial score (nSPS) is 16.0. The highest BCUT2D eigenvalue weighted by Gasteiger charge is 2.34. The number of aromatic nitrogens is 1. The highest BCUT2D eigenvalue weighted by atomic mass is 127. The maximum atomic E-state index is 12.0. The number of aromatic amines is 1. The Morgan fingerprint density at radius 3 is 2.95 bits per heavy atom. The molecule has 1 N–H and O–H groups in total. The van der Waals surface area contributed by atoms with E-state index in [0.717, 1.165) is 20.2 Å². The third kappa shape index (κ3) is 1.90. The first-order chi connectivity index (χ1) is 9.45. The van der Waals surface area contributed by atoms with Crippen molar-refractivity contribution < 1.29 is 14.3 Å². The van der Waals surface area contributed by atoms with Crippen molar-refractivity contribution in [2.24, 2.45) is 0 Å². The predicted molar refractivity (Wildman–Crippen MR) is 85.5 cm³/mol. The molecule has 20 heavy (non-hydrogen) atoms. The molecule has 0 fully saturated rings. The molecule has 1 aromatic carbocycles. The van der Waals surface area contributed by atoms with Crippen molar-refractivity contribution in [3.05, 3.63) is 27.0 Å². The minimum atomic E-state index is -0.320. The van der Waals surface area contributed by atoms with E-state index in [9.17, 15) is 4.79 Å². The van der Waals surface area contributed by atoms with Crippen molar-refractivity contribution in [2.45, 2.75) is 26.2 Å². The van der Waals surface area contributed by atoms with Crippen LogP contribution in [-0.4, -0.2) is 24.2 Å². The molecule has 4 nitrogen and oxygen atoms in total. The number of hydrogen-bond acceptors (Lipinski definition) is 3. The SMILES string of the molecule is CCOC(=O)c1[nH]c2ccc3c(c2c1I)OCC3(C)C. The molecule has 5 heteroatoms. The van der Waals surface area contributed by atoms with Gasteiger partial charge in [0.05, 0.1) is 27.7 Å². The Bertz CT molecular complexity index is 703. The molecule has 0 radical (unpaired) electrons. The van der Waals surface area contributed by atoms with Gasteiger partial charge in [-0.3, -0.25) is 0 Å². The number of halogens is 1. The number of rotatable bonds is 2. The fraction of sp³-hybridized carbons (Fsp3) is 0.400. The summed E-state index contributed by atoms with van der Waals surface area (Å²) in [6.07, 6.45) is 0. The Balaban J connectivity index is 2.22. The molecule has 1 aromatic heterocycles. The first-order valence-electron chi connectivity index (χ1n) is 6.60. The third-order valence-corrected chi connectivity index (χ3v) is 4.72. The summed E-state index contributed by atoms with van der Waals surface area (Å²) >= 11 is 2.18. The van der Waals surface area contributed by atoms with E-state index in [2.05, 4.69) is 47.5 Å². The Morgan fingerprint density at radius 2 is 2.25 bits per heavy atom. The maximum Gasteiger partial charge on any atom is 0.355 e. The summed E-state index contributed by atoms with van der Waals surface area (Å²) in [6.45, 7) is 7.16. The number of benzene rings is 1. The summed E-state index contributed by atoms with van der Waals surface area (Å²) in [4.78, 5) is 15.1. The number of H-pyrrole nitrogens is 1. The van der Waals surface area contributed by atoms with Crippen molar-refractivity contribution in [3.63, 3.8) is 0 Å². The summed E-state index contributed by atoms with van der Waals surface area (Å²) < 4.78 is 11.8. The molecule has 0 saturated heterocycles. The van der Waals surface area contributed by atoms with Crippen LogP contribution in [0.5, 0.6) is 5.75 Å². The van der Waals surface area contributed by atoms with Crippen molar-refractivity contribution in [3.8, 4) is 5.75 Å². The quantitative estimate of drug-likeness (QED) is 0.635. The molecule has 0 spiro atoms. The zero-order chi connectivity index (χ0) is 14.5. The van der Waals surface area contributed by atoms with E-state index in [1.807, 2.05) is 6.07 Å². The van der Waals surface area contributed by atoms with Gasteiger partial charge in [-0.15, -0.1) is 0 Å². The molecule has 2 heterocycles. The second kappa shape index (κ2) is 4.65. The number of ether oxygens (including phenoxy) is 2. The van der Waals surface area contributed by atoms with Crippen LogP contribution >= 0.6 is 22.6 Å². The zero-order valence-electron chi connectivity index (χ0n) is 11.7. The van der Waals surface area contributed by atoms with Gasteiger partial charge in [-0.05, 0) is 35.6 Å². The Kier molecular flexibility index (Phi) is 3.19. The van der Waals surface area contributed by atoms with Crippen molar-refractivity contribution in [1.29, 1.82) is 0 Å². The van der Waals surface area contributed by atoms with Gasteiger partial charge in [-0.25, -0.2) is 4.79 Å². The van der Waals surface area contributed by atoms with Gasteiger partial charge in [0.15, 0.2) is 0 Å². The molecule has 0 amide bonds. The largest absolute Gasteiger partial charge is 0.492 e. The second-order valence-electron chi connectivity index (χ2n) is 5.57.